The second-order valence-corrected chi connectivity index (χ2v) is 3.57. The molecule has 4 nitrogen and oxygen atoms in total. The monoisotopic (exact) mass is 226 g/mol. The molecule has 1 aromatic carbocycles. The minimum Gasteiger partial charge on any atom is -0.497 e. The van der Waals surface area contributed by atoms with Crippen molar-refractivity contribution in [2.75, 3.05) is 7.11 Å². The Balaban J connectivity index is 2.14. The van der Waals surface area contributed by atoms with Gasteiger partial charge in [-0.1, -0.05) is 6.07 Å². The van der Waals surface area contributed by atoms with E-state index in [1.165, 1.54) is 0 Å². The molecular formula is C13H10N2O2. The Morgan fingerprint density at radius 2 is 2.12 bits per heavy atom. The van der Waals surface area contributed by atoms with E-state index in [4.69, 9.17) is 9.15 Å². The Labute approximate surface area is 97.9 Å². The average Bonchev–Trinajstić information content (AvgIpc) is 2.82. The molecule has 0 bridgehead atoms. The van der Waals surface area contributed by atoms with Crippen molar-refractivity contribution >= 4 is 11.1 Å². The zero-order valence-corrected chi connectivity index (χ0v) is 9.25. The summed E-state index contributed by atoms with van der Waals surface area (Å²) in [5, 5.41) is 0. The first-order valence-electron chi connectivity index (χ1n) is 5.23. The molecule has 17 heavy (non-hydrogen) atoms. The number of methoxy groups -OCH3 is 1. The maximum atomic E-state index is 5.62. The van der Waals surface area contributed by atoms with Crippen molar-refractivity contribution in [3.8, 4) is 17.3 Å². The number of aromatic nitrogens is 2. The van der Waals surface area contributed by atoms with Gasteiger partial charge in [-0.15, -0.1) is 0 Å². The van der Waals surface area contributed by atoms with Crippen molar-refractivity contribution < 1.29 is 9.15 Å². The van der Waals surface area contributed by atoms with Crippen molar-refractivity contribution in [2.24, 2.45) is 0 Å². The van der Waals surface area contributed by atoms with E-state index in [9.17, 15) is 0 Å². The van der Waals surface area contributed by atoms with E-state index in [2.05, 4.69) is 9.97 Å². The van der Waals surface area contributed by atoms with Gasteiger partial charge in [0.25, 0.3) is 0 Å². The lowest BCUT2D eigenvalue weighted by Gasteiger charge is -1.95. The molecule has 0 amide bonds. The Morgan fingerprint density at radius 1 is 1.18 bits per heavy atom. The number of pyridine rings is 1. The first kappa shape index (κ1) is 9.84. The predicted molar refractivity (Wildman–Crippen MR) is 63.8 cm³/mol. The van der Waals surface area contributed by atoms with Crippen LogP contribution >= 0.6 is 0 Å². The van der Waals surface area contributed by atoms with Crippen LogP contribution in [-0.2, 0) is 0 Å². The summed E-state index contributed by atoms with van der Waals surface area (Å²) in [7, 11) is 1.63. The summed E-state index contributed by atoms with van der Waals surface area (Å²) in [5.74, 6) is 1.28. The van der Waals surface area contributed by atoms with Crippen LogP contribution in [0.3, 0.4) is 0 Å². The van der Waals surface area contributed by atoms with Crippen molar-refractivity contribution in [1.82, 2.24) is 9.97 Å². The third-order valence-corrected chi connectivity index (χ3v) is 2.48. The summed E-state index contributed by atoms with van der Waals surface area (Å²) in [6.45, 7) is 0. The molecule has 84 valence electrons. The molecule has 0 saturated carbocycles. The third kappa shape index (κ3) is 1.73. The summed E-state index contributed by atoms with van der Waals surface area (Å²) < 4.78 is 10.8. The molecule has 3 aromatic rings. The number of oxazole rings is 1. The van der Waals surface area contributed by atoms with E-state index >= 15 is 0 Å². The summed E-state index contributed by atoms with van der Waals surface area (Å²) in [4.78, 5) is 8.58. The highest BCUT2D eigenvalue weighted by Crippen LogP contribution is 2.25. The van der Waals surface area contributed by atoms with Gasteiger partial charge >= 0.3 is 0 Å². The van der Waals surface area contributed by atoms with Gasteiger partial charge in [0.2, 0.25) is 5.89 Å². The zero-order valence-electron chi connectivity index (χ0n) is 9.25. The van der Waals surface area contributed by atoms with E-state index in [-0.39, 0.29) is 0 Å². The standard InChI is InChI=1S/C13H10N2O2/c1-16-9-5-6-12-11(8-9)15-13(17-12)10-4-2-3-7-14-10/h2-8H,1H3. The molecule has 0 atom stereocenters. The van der Waals surface area contributed by atoms with Crippen LogP contribution in [0.25, 0.3) is 22.7 Å². The van der Waals surface area contributed by atoms with Gasteiger partial charge < -0.3 is 9.15 Å². The lowest BCUT2D eigenvalue weighted by molar-refractivity contribution is 0.415. The quantitative estimate of drug-likeness (QED) is 0.674. The van der Waals surface area contributed by atoms with Gasteiger partial charge in [-0.2, -0.15) is 0 Å². The van der Waals surface area contributed by atoms with Gasteiger partial charge in [-0.05, 0) is 24.3 Å². The summed E-state index contributed by atoms with van der Waals surface area (Å²) >= 11 is 0. The lowest BCUT2D eigenvalue weighted by atomic mass is 10.3. The maximum Gasteiger partial charge on any atom is 0.246 e. The van der Waals surface area contributed by atoms with Crippen LogP contribution in [0.4, 0.5) is 0 Å². The highest BCUT2D eigenvalue weighted by molar-refractivity contribution is 5.77. The molecule has 0 fully saturated rings. The molecule has 0 spiro atoms. The van der Waals surface area contributed by atoms with E-state index in [0.29, 0.717) is 5.89 Å². The van der Waals surface area contributed by atoms with Crippen LogP contribution in [0.5, 0.6) is 5.75 Å². The Bertz CT molecular complexity index is 647. The van der Waals surface area contributed by atoms with Crippen LogP contribution < -0.4 is 4.74 Å². The number of hydrogen-bond donors (Lipinski definition) is 0. The zero-order chi connectivity index (χ0) is 11.7. The van der Waals surface area contributed by atoms with Gasteiger partial charge in [-0.3, -0.25) is 4.98 Å². The molecular weight excluding hydrogens is 216 g/mol. The van der Waals surface area contributed by atoms with E-state index < -0.39 is 0 Å². The van der Waals surface area contributed by atoms with Gasteiger partial charge in [0.05, 0.1) is 7.11 Å². The van der Waals surface area contributed by atoms with Crippen molar-refractivity contribution in [3.05, 3.63) is 42.6 Å². The number of rotatable bonds is 2. The number of ether oxygens (including phenoxy) is 1. The largest absolute Gasteiger partial charge is 0.497 e. The van der Waals surface area contributed by atoms with Gasteiger partial charge in [-0.25, -0.2) is 4.98 Å². The van der Waals surface area contributed by atoms with Crippen LogP contribution in [0.15, 0.2) is 47.0 Å². The molecule has 0 unspecified atom stereocenters. The lowest BCUT2D eigenvalue weighted by Crippen LogP contribution is -1.81. The highest BCUT2D eigenvalue weighted by Gasteiger charge is 2.09. The van der Waals surface area contributed by atoms with E-state index in [1.807, 2.05) is 36.4 Å². The fourth-order valence-corrected chi connectivity index (χ4v) is 1.63. The number of hydrogen-bond acceptors (Lipinski definition) is 4. The van der Waals surface area contributed by atoms with Crippen molar-refractivity contribution in [3.63, 3.8) is 0 Å². The fourth-order valence-electron chi connectivity index (χ4n) is 1.63. The molecule has 0 aliphatic rings. The molecule has 2 heterocycles. The van der Waals surface area contributed by atoms with Gasteiger partial charge in [0.15, 0.2) is 5.58 Å². The van der Waals surface area contributed by atoms with E-state index in [0.717, 1.165) is 22.5 Å². The van der Waals surface area contributed by atoms with Crippen LogP contribution in [-0.4, -0.2) is 17.1 Å². The summed E-state index contributed by atoms with van der Waals surface area (Å²) in [6, 6.07) is 11.1. The van der Waals surface area contributed by atoms with Crippen LogP contribution in [0.1, 0.15) is 0 Å². The van der Waals surface area contributed by atoms with Crippen LogP contribution in [0.2, 0.25) is 0 Å². The minimum atomic E-state index is 0.522. The molecule has 3 rings (SSSR count). The highest BCUT2D eigenvalue weighted by atomic mass is 16.5. The molecule has 0 radical (unpaired) electrons. The number of benzene rings is 1. The fraction of sp³-hybridized carbons (Fsp3) is 0.0769. The number of fused-ring (bicyclic) bond motifs is 1. The predicted octanol–water partition coefficient (Wildman–Crippen LogP) is 2.90. The first-order chi connectivity index (χ1) is 8.36. The molecule has 0 aliphatic heterocycles. The Kier molecular flexibility index (Phi) is 2.26. The average molecular weight is 226 g/mol. The minimum absolute atomic E-state index is 0.522. The number of nitrogens with zero attached hydrogens (tertiary/aromatic N) is 2. The molecule has 0 aliphatic carbocycles. The molecule has 0 N–H and O–H groups in total. The SMILES string of the molecule is COc1ccc2oc(-c3ccccn3)nc2c1. The Hall–Kier alpha value is -2.36. The van der Waals surface area contributed by atoms with Crippen molar-refractivity contribution in [1.29, 1.82) is 0 Å². The molecule has 4 heteroatoms. The second kappa shape index (κ2) is 3.90. The maximum absolute atomic E-state index is 5.62. The third-order valence-electron chi connectivity index (χ3n) is 2.48. The first-order valence-corrected chi connectivity index (χ1v) is 5.23. The smallest absolute Gasteiger partial charge is 0.246 e. The molecule has 2 aromatic heterocycles. The summed E-state index contributed by atoms with van der Waals surface area (Å²) in [6.07, 6.45) is 1.71. The summed E-state index contributed by atoms with van der Waals surface area (Å²) in [5.41, 5.74) is 2.22. The van der Waals surface area contributed by atoms with Crippen molar-refractivity contribution in [2.45, 2.75) is 0 Å². The normalized spacial score (nSPS) is 10.6. The Morgan fingerprint density at radius 3 is 2.88 bits per heavy atom. The van der Waals surface area contributed by atoms with Gasteiger partial charge in [0, 0.05) is 12.3 Å². The topological polar surface area (TPSA) is 48.2 Å². The second-order valence-electron chi connectivity index (χ2n) is 3.57. The van der Waals surface area contributed by atoms with Gasteiger partial charge in [0.1, 0.15) is 17.0 Å². The van der Waals surface area contributed by atoms with E-state index in [1.54, 1.807) is 13.3 Å². The van der Waals surface area contributed by atoms with Crippen LogP contribution in [0, 0.1) is 0 Å². The molecule has 0 saturated heterocycles.